The maximum absolute atomic E-state index is 12.6. The highest BCUT2D eigenvalue weighted by atomic mass is 16.5. The molecule has 0 aliphatic carbocycles. The van der Waals surface area contributed by atoms with Crippen molar-refractivity contribution < 1.29 is 23.8 Å². The first-order valence-electron chi connectivity index (χ1n) is 10.5. The first-order valence-corrected chi connectivity index (χ1v) is 10.5. The lowest BCUT2D eigenvalue weighted by Gasteiger charge is -2.34. The van der Waals surface area contributed by atoms with Gasteiger partial charge in [-0.1, -0.05) is 23.8 Å². The van der Waals surface area contributed by atoms with E-state index in [-0.39, 0.29) is 18.4 Å². The summed E-state index contributed by atoms with van der Waals surface area (Å²) in [6.45, 7) is 4.15. The lowest BCUT2D eigenvalue weighted by atomic mass is 10.1. The second-order valence-electron chi connectivity index (χ2n) is 7.55. The van der Waals surface area contributed by atoms with Crippen LogP contribution in [0.1, 0.15) is 17.5 Å². The summed E-state index contributed by atoms with van der Waals surface area (Å²) in [5.74, 6) is 2.05. The molecule has 2 aromatic carbocycles. The van der Waals surface area contributed by atoms with Crippen LogP contribution < -0.4 is 14.2 Å². The Morgan fingerprint density at radius 2 is 1.45 bits per heavy atom. The zero-order chi connectivity index (χ0) is 22.2. The predicted molar refractivity (Wildman–Crippen MR) is 118 cm³/mol. The van der Waals surface area contributed by atoms with E-state index in [0.717, 1.165) is 11.1 Å². The molecule has 2 aromatic rings. The highest BCUT2D eigenvalue weighted by Crippen LogP contribution is 2.28. The molecule has 0 saturated carbocycles. The zero-order valence-electron chi connectivity index (χ0n) is 18.4. The van der Waals surface area contributed by atoms with Gasteiger partial charge < -0.3 is 24.0 Å². The van der Waals surface area contributed by atoms with Crippen LogP contribution in [0.4, 0.5) is 0 Å². The molecule has 0 aromatic heterocycles. The summed E-state index contributed by atoms with van der Waals surface area (Å²) in [7, 11) is 3.19. The third kappa shape index (κ3) is 6.13. The number of hydrogen-bond donors (Lipinski definition) is 0. The van der Waals surface area contributed by atoms with Crippen molar-refractivity contribution >= 4 is 11.8 Å². The normalized spacial score (nSPS) is 13.6. The number of nitrogens with zero attached hydrogens (tertiary/aromatic N) is 2. The summed E-state index contributed by atoms with van der Waals surface area (Å²) >= 11 is 0. The zero-order valence-corrected chi connectivity index (χ0v) is 18.4. The number of amides is 2. The van der Waals surface area contributed by atoms with Gasteiger partial charge in [0, 0.05) is 32.6 Å². The minimum absolute atomic E-state index is 0.0102. The number of methoxy groups -OCH3 is 2. The van der Waals surface area contributed by atoms with Gasteiger partial charge in [0.05, 0.1) is 14.2 Å². The van der Waals surface area contributed by atoms with Gasteiger partial charge in [0.2, 0.25) is 5.91 Å². The maximum atomic E-state index is 12.6. The van der Waals surface area contributed by atoms with Crippen molar-refractivity contribution in [3.8, 4) is 17.2 Å². The molecule has 0 N–H and O–H groups in total. The fourth-order valence-electron chi connectivity index (χ4n) is 3.52. The molecule has 0 bridgehead atoms. The van der Waals surface area contributed by atoms with Crippen LogP contribution in [-0.4, -0.2) is 68.6 Å². The van der Waals surface area contributed by atoms with Crippen LogP contribution in [0, 0.1) is 6.92 Å². The molecule has 1 heterocycles. The summed E-state index contributed by atoms with van der Waals surface area (Å²) < 4.78 is 16.1. The second-order valence-corrected chi connectivity index (χ2v) is 7.55. The molecule has 2 amide bonds. The van der Waals surface area contributed by atoms with Gasteiger partial charge in [0.1, 0.15) is 5.75 Å². The van der Waals surface area contributed by atoms with Crippen molar-refractivity contribution in [2.24, 2.45) is 0 Å². The summed E-state index contributed by atoms with van der Waals surface area (Å²) in [4.78, 5) is 28.6. The van der Waals surface area contributed by atoms with Gasteiger partial charge in [-0.15, -0.1) is 0 Å². The van der Waals surface area contributed by atoms with E-state index in [1.807, 2.05) is 54.3 Å². The molecular formula is C24H30N2O5. The van der Waals surface area contributed by atoms with Crippen molar-refractivity contribution in [1.29, 1.82) is 0 Å². The molecule has 1 fully saturated rings. The van der Waals surface area contributed by atoms with Gasteiger partial charge >= 0.3 is 0 Å². The third-order valence-corrected chi connectivity index (χ3v) is 5.44. The van der Waals surface area contributed by atoms with Crippen LogP contribution in [0.2, 0.25) is 0 Å². The van der Waals surface area contributed by atoms with E-state index in [9.17, 15) is 9.59 Å². The number of aryl methyl sites for hydroxylation is 2. The molecule has 31 heavy (non-hydrogen) atoms. The number of piperazine rings is 1. The minimum Gasteiger partial charge on any atom is -0.493 e. The largest absolute Gasteiger partial charge is 0.493 e. The van der Waals surface area contributed by atoms with Gasteiger partial charge in [-0.2, -0.15) is 0 Å². The average molecular weight is 427 g/mol. The van der Waals surface area contributed by atoms with Gasteiger partial charge in [0.15, 0.2) is 18.1 Å². The van der Waals surface area contributed by atoms with Crippen molar-refractivity contribution in [3.63, 3.8) is 0 Å². The number of benzene rings is 2. The highest BCUT2D eigenvalue weighted by Gasteiger charge is 2.24. The molecular weight excluding hydrogens is 396 g/mol. The Bertz CT molecular complexity index is 889. The first kappa shape index (κ1) is 22.5. The predicted octanol–water partition coefficient (Wildman–Crippen LogP) is 2.69. The lowest BCUT2D eigenvalue weighted by Crippen LogP contribution is -2.51. The van der Waals surface area contributed by atoms with Crippen LogP contribution in [0.25, 0.3) is 0 Å². The number of carbonyl (C=O) groups is 2. The molecule has 0 atom stereocenters. The molecule has 1 aliphatic rings. The molecule has 166 valence electrons. The Morgan fingerprint density at radius 3 is 2.06 bits per heavy atom. The molecule has 0 radical (unpaired) electrons. The van der Waals surface area contributed by atoms with Crippen molar-refractivity contribution in [1.82, 2.24) is 9.80 Å². The summed E-state index contributed by atoms with van der Waals surface area (Å²) in [6, 6.07) is 13.3. The van der Waals surface area contributed by atoms with E-state index in [1.165, 1.54) is 0 Å². The SMILES string of the molecule is COc1ccc(CCC(=O)N2CCN(C(=O)COc3ccc(C)cc3)CC2)cc1OC. The number of ether oxygens (including phenoxy) is 3. The quantitative estimate of drug-likeness (QED) is 0.649. The van der Waals surface area contributed by atoms with E-state index in [2.05, 4.69) is 0 Å². The fraction of sp³-hybridized carbons (Fsp3) is 0.417. The first-order chi connectivity index (χ1) is 15.0. The number of hydrogen-bond acceptors (Lipinski definition) is 5. The van der Waals surface area contributed by atoms with Crippen molar-refractivity contribution in [2.45, 2.75) is 19.8 Å². The van der Waals surface area contributed by atoms with E-state index in [4.69, 9.17) is 14.2 Å². The highest BCUT2D eigenvalue weighted by molar-refractivity contribution is 5.79. The van der Waals surface area contributed by atoms with Gasteiger partial charge in [0.25, 0.3) is 5.91 Å². The van der Waals surface area contributed by atoms with Gasteiger partial charge in [-0.3, -0.25) is 9.59 Å². The number of carbonyl (C=O) groups excluding carboxylic acids is 2. The standard InChI is InChI=1S/C24H30N2O5/c1-18-4-8-20(9-5-18)31-17-24(28)26-14-12-25(13-15-26)23(27)11-7-19-6-10-21(29-2)22(16-19)30-3/h4-6,8-10,16H,7,11-15,17H2,1-3H3. The van der Waals surface area contributed by atoms with Crippen LogP contribution in [0.15, 0.2) is 42.5 Å². The topological polar surface area (TPSA) is 68.3 Å². The Labute approximate surface area is 183 Å². The number of rotatable bonds is 8. The van der Waals surface area contributed by atoms with Gasteiger partial charge in [-0.25, -0.2) is 0 Å². The molecule has 3 rings (SSSR count). The summed E-state index contributed by atoms with van der Waals surface area (Å²) in [6.07, 6.45) is 1.04. The van der Waals surface area contributed by atoms with Crippen LogP contribution >= 0.6 is 0 Å². The summed E-state index contributed by atoms with van der Waals surface area (Å²) in [5, 5.41) is 0. The van der Waals surface area contributed by atoms with Crippen LogP contribution in [-0.2, 0) is 16.0 Å². The molecule has 0 unspecified atom stereocenters. The minimum atomic E-state index is -0.0574. The van der Waals surface area contributed by atoms with Crippen molar-refractivity contribution in [2.75, 3.05) is 47.0 Å². The fourth-order valence-corrected chi connectivity index (χ4v) is 3.52. The molecule has 1 saturated heterocycles. The van der Waals surface area contributed by atoms with E-state index in [0.29, 0.717) is 56.3 Å². The van der Waals surface area contributed by atoms with Crippen molar-refractivity contribution in [3.05, 3.63) is 53.6 Å². The average Bonchev–Trinajstić information content (AvgIpc) is 2.81. The molecule has 7 nitrogen and oxygen atoms in total. The molecule has 1 aliphatic heterocycles. The monoisotopic (exact) mass is 426 g/mol. The van der Waals surface area contributed by atoms with Crippen LogP contribution in [0.5, 0.6) is 17.2 Å². The smallest absolute Gasteiger partial charge is 0.260 e. The van der Waals surface area contributed by atoms with E-state index >= 15 is 0 Å². The Morgan fingerprint density at radius 1 is 0.839 bits per heavy atom. The molecule has 0 spiro atoms. The third-order valence-electron chi connectivity index (χ3n) is 5.44. The molecule has 7 heteroatoms. The Hall–Kier alpha value is -3.22. The van der Waals surface area contributed by atoms with E-state index in [1.54, 1.807) is 19.1 Å². The van der Waals surface area contributed by atoms with Crippen LogP contribution in [0.3, 0.4) is 0 Å². The van der Waals surface area contributed by atoms with E-state index < -0.39 is 0 Å². The van der Waals surface area contributed by atoms with Gasteiger partial charge in [-0.05, 0) is 43.2 Å². The second kappa shape index (κ2) is 10.7. The Balaban J connectivity index is 1.42. The summed E-state index contributed by atoms with van der Waals surface area (Å²) in [5.41, 5.74) is 2.17. The maximum Gasteiger partial charge on any atom is 0.260 e. The lowest BCUT2D eigenvalue weighted by molar-refractivity contribution is -0.140. The Kier molecular flexibility index (Phi) is 7.76.